The highest BCUT2D eigenvalue weighted by molar-refractivity contribution is 7.99. The van der Waals surface area contributed by atoms with Gasteiger partial charge in [-0.25, -0.2) is 4.99 Å². The number of para-hydroxylation sites is 2. The van der Waals surface area contributed by atoms with E-state index in [1.807, 2.05) is 42.5 Å². The Bertz CT molecular complexity index is 1310. The third kappa shape index (κ3) is 6.84. The van der Waals surface area contributed by atoms with E-state index in [-0.39, 0.29) is 17.2 Å². The minimum atomic E-state index is -1.06. The summed E-state index contributed by atoms with van der Waals surface area (Å²) in [5.74, 6) is -0.786. The van der Waals surface area contributed by atoms with Gasteiger partial charge in [0.05, 0.1) is 30.7 Å². The van der Waals surface area contributed by atoms with Gasteiger partial charge in [0.1, 0.15) is 23.2 Å². The SMILES string of the molecule is COC(=O)C1C(N)=NC(C)=C([N+](=O)[O-])C1c1ccccc1SCCCC(C)N1CCN(c2ccccc2OC)CC1. The van der Waals surface area contributed by atoms with Gasteiger partial charge in [-0.2, -0.15) is 0 Å². The monoisotopic (exact) mass is 581 g/mol. The lowest BCUT2D eigenvalue weighted by molar-refractivity contribution is -0.432. The minimum absolute atomic E-state index is 0.0318. The molecule has 2 N–H and O–H groups in total. The van der Waals surface area contributed by atoms with E-state index in [1.165, 1.54) is 7.11 Å². The van der Waals surface area contributed by atoms with Crippen molar-refractivity contribution in [2.24, 2.45) is 16.6 Å². The molecule has 2 heterocycles. The van der Waals surface area contributed by atoms with Crippen LogP contribution in [0.4, 0.5) is 5.69 Å². The van der Waals surface area contributed by atoms with Crippen LogP contribution in [0.1, 0.15) is 38.2 Å². The number of esters is 1. The lowest BCUT2D eigenvalue weighted by atomic mass is 9.80. The van der Waals surface area contributed by atoms with Crippen molar-refractivity contribution < 1.29 is 19.2 Å². The molecule has 2 aliphatic heterocycles. The molecule has 0 saturated carbocycles. The largest absolute Gasteiger partial charge is 0.495 e. The number of thioether (sulfide) groups is 1. The number of aliphatic imine (C=N–C) groups is 1. The molecule has 2 aliphatic rings. The number of carbonyl (C=O) groups is 1. The molecule has 0 aliphatic carbocycles. The molecule has 0 radical (unpaired) electrons. The van der Waals surface area contributed by atoms with Crippen molar-refractivity contribution in [1.82, 2.24) is 4.90 Å². The third-order valence-corrected chi connectivity index (χ3v) is 9.08. The Kier molecular flexibility index (Phi) is 10.3. The number of nitrogens with two attached hydrogens (primary N) is 1. The topological polar surface area (TPSA) is 124 Å². The quantitative estimate of drug-likeness (QED) is 0.134. The van der Waals surface area contributed by atoms with Crippen molar-refractivity contribution in [2.75, 3.05) is 51.1 Å². The number of rotatable bonds is 11. The molecule has 2 aromatic carbocycles. The Labute approximate surface area is 245 Å². The first kappa shape index (κ1) is 30.4. The van der Waals surface area contributed by atoms with E-state index in [1.54, 1.807) is 25.8 Å². The number of benzene rings is 2. The fraction of sp³-hybridized carbons (Fsp3) is 0.467. The number of carbonyl (C=O) groups excluding carboxylic acids is 1. The predicted molar refractivity (Wildman–Crippen MR) is 162 cm³/mol. The molecule has 0 amide bonds. The first-order valence-electron chi connectivity index (χ1n) is 13.9. The fourth-order valence-corrected chi connectivity index (χ4v) is 6.80. The van der Waals surface area contributed by atoms with Crippen molar-refractivity contribution in [1.29, 1.82) is 0 Å². The number of nitro groups is 1. The first-order chi connectivity index (χ1) is 19.8. The number of allylic oxidation sites excluding steroid dienone is 2. The lowest BCUT2D eigenvalue weighted by Gasteiger charge is -2.39. The molecule has 3 atom stereocenters. The maximum atomic E-state index is 12.7. The maximum Gasteiger partial charge on any atom is 0.317 e. The van der Waals surface area contributed by atoms with Gasteiger partial charge < -0.3 is 20.1 Å². The molecule has 220 valence electrons. The summed E-state index contributed by atoms with van der Waals surface area (Å²) in [6.45, 7) is 7.72. The molecule has 1 saturated heterocycles. The highest BCUT2D eigenvalue weighted by Crippen LogP contribution is 2.42. The summed E-state index contributed by atoms with van der Waals surface area (Å²) in [6, 6.07) is 16.1. The van der Waals surface area contributed by atoms with Crippen LogP contribution in [0.25, 0.3) is 0 Å². The van der Waals surface area contributed by atoms with E-state index in [0.717, 1.165) is 61.1 Å². The van der Waals surface area contributed by atoms with E-state index in [2.05, 4.69) is 27.8 Å². The van der Waals surface area contributed by atoms with Gasteiger partial charge in [0.2, 0.25) is 0 Å². The van der Waals surface area contributed by atoms with Crippen molar-refractivity contribution >= 4 is 29.3 Å². The summed E-state index contributed by atoms with van der Waals surface area (Å²) in [7, 11) is 2.97. The Morgan fingerprint density at radius 2 is 1.83 bits per heavy atom. The molecule has 2 aromatic rings. The van der Waals surface area contributed by atoms with Crippen LogP contribution >= 0.6 is 11.8 Å². The van der Waals surface area contributed by atoms with E-state index < -0.39 is 22.7 Å². The molecule has 3 unspecified atom stereocenters. The second-order valence-corrected chi connectivity index (χ2v) is 11.5. The molecule has 0 spiro atoms. The summed E-state index contributed by atoms with van der Waals surface area (Å²) in [5, 5.41) is 12.1. The maximum absolute atomic E-state index is 12.7. The van der Waals surface area contributed by atoms with Crippen molar-refractivity contribution in [3.63, 3.8) is 0 Å². The van der Waals surface area contributed by atoms with Gasteiger partial charge in [0.15, 0.2) is 0 Å². The summed E-state index contributed by atoms with van der Waals surface area (Å²) in [4.78, 5) is 34.3. The van der Waals surface area contributed by atoms with Crippen LogP contribution in [-0.4, -0.2) is 73.8 Å². The summed E-state index contributed by atoms with van der Waals surface area (Å²) in [6.07, 6.45) is 2.02. The second-order valence-electron chi connectivity index (χ2n) is 10.3. The number of nitrogens with zero attached hydrogens (tertiary/aromatic N) is 4. The van der Waals surface area contributed by atoms with E-state index >= 15 is 0 Å². The molecule has 4 rings (SSSR count). The highest BCUT2D eigenvalue weighted by Gasteiger charge is 2.46. The average molecular weight is 582 g/mol. The summed E-state index contributed by atoms with van der Waals surface area (Å²) in [5.41, 5.74) is 8.06. The van der Waals surface area contributed by atoms with E-state index in [9.17, 15) is 14.9 Å². The molecule has 11 heteroatoms. The number of hydrogen-bond acceptors (Lipinski definition) is 10. The van der Waals surface area contributed by atoms with Crippen LogP contribution in [0.3, 0.4) is 0 Å². The van der Waals surface area contributed by atoms with E-state index in [0.29, 0.717) is 11.6 Å². The lowest BCUT2D eigenvalue weighted by Crippen LogP contribution is -2.49. The molecule has 10 nitrogen and oxygen atoms in total. The smallest absolute Gasteiger partial charge is 0.317 e. The van der Waals surface area contributed by atoms with Gasteiger partial charge in [-0.1, -0.05) is 30.3 Å². The summed E-state index contributed by atoms with van der Waals surface area (Å²) >= 11 is 1.65. The third-order valence-electron chi connectivity index (χ3n) is 7.91. The number of amidine groups is 1. The summed E-state index contributed by atoms with van der Waals surface area (Å²) < 4.78 is 10.5. The van der Waals surface area contributed by atoms with Crippen molar-refractivity contribution in [3.05, 3.63) is 75.6 Å². The molecule has 0 aromatic heterocycles. The molecule has 41 heavy (non-hydrogen) atoms. The minimum Gasteiger partial charge on any atom is -0.495 e. The fourth-order valence-electron chi connectivity index (χ4n) is 5.74. The van der Waals surface area contributed by atoms with Gasteiger partial charge in [-0.05, 0) is 56.2 Å². The average Bonchev–Trinajstić information content (AvgIpc) is 2.98. The molecule has 0 bridgehead atoms. The standard InChI is InChI=1S/C30H39N5O5S/c1-20(33-15-17-34(18-16-33)23-12-6-7-13-24(23)39-3)10-9-19-41-25-14-8-5-11-22(25)26-27(30(36)40-4)29(31)32-21(2)28(26)35(37)38/h5-8,11-14,20,26-27H,9-10,15-19H2,1-4H3,(H2,31,32). The van der Waals surface area contributed by atoms with Crippen LogP contribution in [-0.2, 0) is 9.53 Å². The van der Waals surface area contributed by atoms with Crippen LogP contribution < -0.4 is 15.4 Å². The molecule has 1 fully saturated rings. The number of hydrogen-bond donors (Lipinski definition) is 1. The van der Waals surface area contributed by atoms with E-state index in [4.69, 9.17) is 15.2 Å². The van der Waals surface area contributed by atoms with Crippen LogP contribution in [0, 0.1) is 16.0 Å². The van der Waals surface area contributed by atoms with Gasteiger partial charge >= 0.3 is 5.97 Å². The zero-order valence-electron chi connectivity index (χ0n) is 24.1. The van der Waals surface area contributed by atoms with Crippen molar-refractivity contribution in [3.8, 4) is 5.75 Å². The Hall–Kier alpha value is -3.57. The number of methoxy groups -OCH3 is 2. The number of ether oxygens (including phenoxy) is 2. The van der Waals surface area contributed by atoms with Gasteiger partial charge in [0.25, 0.3) is 5.70 Å². The van der Waals surface area contributed by atoms with Crippen LogP contribution in [0.2, 0.25) is 0 Å². The van der Waals surface area contributed by atoms with Crippen LogP contribution in [0.15, 0.2) is 69.8 Å². The number of anilines is 1. The van der Waals surface area contributed by atoms with Gasteiger partial charge in [-0.3, -0.25) is 19.8 Å². The molecular weight excluding hydrogens is 542 g/mol. The Morgan fingerprint density at radius 3 is 2.51 bits per heavy atom. The second kappa shape index (κ2) is 13.9. The zero-order chi connectivity index (χ0) is 29.5. The Morgan fingerprint density at radius 1 is 1.15 bits per heavy atom. The normalized spacial score (nSPS) is 20.4. The van der Waals surface area contributed by atoms with Gasteiger partial charge in [0, 0.05) is 37.1 Å². The van der Waals surface area contributed by atoms with Crippen LogP contribution in [0.5, 0.6) is 5.75 Å². The van der Waals surface area contributed by atoms with Gasteiger partial charge in [-0.15, -0.1) is 11.8 Å². The molecular formula is C30H39N5O5S. The Balaban J connectivity index is 1.37. The highest BCUT2D eigenvalue weighted by atomic mass is 32.2. The zero-order valence-corrected chi connectivity index (χ0v) is 24.9. The predicted octanol–water partition coefficient (Wildman–Crippen LogP) is 4.53. The van der Waals surface area contributed by atoms with Crippen molar-refractivity contribution in [2.45, 2.75) is 43.5 Å². The first-order valence-corrected chi connectivity index (χ1v) is 14.9. The number of piperazine rings is 1.